The van der Waals surface area contributed by atoms with Crippen LogP contribution in [-0.4, -0.2) is 9.13 Å². The number of aromatic nitrogens is 2. The van der Waals surface area contributed by atoms with Crippen LogP contribution in [0.25, 0.3) is 88.4 Å². The predicted octanol–water partition coefficient (Wildman–Crippen LogP) is 14.3. The molecule has 0 aliphatic rings. The van der Waals surface area contributed by atoms with E-state index >= 15 is 0 Å². The van der Waals surface area contributed by atoms with Crippen molar-refractivity contribution < 1.29 is 26.3 Å². The first kappa shape index (κ1) is 42.3. The normalized spacial score (nSPS) is 11.6. The van der Waals surface area contributed by atoms with Crippen LogP contribution < -0.4 is 0 Å². The van der Waals surface area contributed by atoms with Crippen LogP contribution in [0.1, 0.15) is 38.9 Å². The Bertz CT molecular complexity index is 3930. The number of halogens is 6. The molecule has 0 radical (unpaired) electrons. The van der Waals surface area contributed by atoms with Gasteiger partial charge in [-0.05, 0) is 131 Å². The summed E-state index contributed by atoms with van der Waals surface area (Å²) < 4.78 is 91.3. The van der Waals surface area contributed by atoms with E-state index < -0.39 is 29.0 Å². The number of nitriles is 5. The first-order valence-electron chi connectivity index (χ1n) is 20.6. The van der Waals surface area contributed by atoms with Crippen molar-refractivity contribution in [1.82, 2.24) is 9.13 Å². The predicted molar refractivity (Wildman–Crippen MR) is 245 cm³/mol. The minimum atomic E-state index is -5.17. The Morgan fingerprint density at radius 2 is 0.750 bits per heavy atom. The molecule has 0 saturated heterocycles. The number of para-hydroxylation sites is 2. The summed E-state index contributed by atoms with van der Waals surface area (Å²) in [6.07, 6.45) is -10.3. The van der Waals surface area contributed by atoms with Gasteiger partial charge in [0.1, 0.15) is 6.07 Å². The van der Waals surface area contributed by atoms with Crippen molar-refractivity contribution in [2.45, 2.75) is 12.4 Å². The van der Waals surface area contributed by atoms with Crippen molar-refractivity contribution in [3.63, 3.8) is 0 Å². The van der Waals surface area contributed by atoms with Gasteiger partial charge in [-0.3, -0.25) is 0 Å². The van der Waals surface area contributed by atoms with Crippen molar-refractivity contribution in [3.8, 4) is 75.1 Å². The SMILES string of the molecule is N#Cc1cc(C#N)cc(-c2ccc3c(c2)c2ccccc2n3-c2cc(-c3cc(C(F)(F)F)cc(C(F)(F)F)c3)c(-n3c4ccccc4c4cc(-c5cc(C#N)cc(C#N)c5)ccc43)cc2C#N)c1. The molecule has 0 unspecified atom stereocenters. The summed E-state index contributed by atoms with van der Waals surface area (Å²) in [6.45, 7) is 0. The number of rotatable bonds is 5. The van der Waals surface area contributed by atoms with Gasteiger partial charge in [-0.1, -0.05) is 48.5 Å². The number of hydrogen-bond acceptors (Lipinski definition) is 5. The van der Waals surface area contributed by atoms with Crippen molar-refractivity contribution in [2.24, 2.45) is 0 Å². The minimum absolute atomic E-state index is 0.0405. The van der Waals surface area contributed by atoms with E-state index in [1.54, 1.807) is 94.1 Å². The number of hydrogen-bond donors (Lipinski definition) is 0. The quantitative estimate of drug-likeness (QED) is 0.159. The monoisotopic (exact) mass is 897 g/mol. The van der Waals surface area contributed by atoms with Crippen LogP contribution >= 0.6 is 0 Å². The van der Waals surface area contributed by atoms with Crippen LogP contribution in [-0.2, 0) is 12.4 Å². The molecule has 0 aliphatic carbocycles. The fourth-order valence-corrected chi connectivity index (χ4v) is 9.05. The number of alkyl halides is 6. The Kier molecular flexibility index (Phi) is 9.85. The van der Waals surface area contributed by atoms with Crippen LogP contribution in [0.5, 0.6) is 0 Å². The Hall–Kier alpha value is -9.61. The Morgan fingerprint density at radius 1 is 0.338 bits per heavy atom. The average Bonchev–Trinajstić information content (AvgIpc) is 3.86. The molecule has 0 bridgehead atoms. The molecule has 0 atom stereocenters. The van der Waals surface area contributed by atoms with Gasteiger partial charge in [0.05, 0.1) is 96.7 Å². The second-order valence-electron chi connectivity index (χ2n) is 16.0. The largest absolute Gasteiger partial charge is 0.416 e. The van der Waals surface area contributed by atoms with Gasteiger partial charge in [0.25, 0.3) is 0 Å². The summed E-state index contributed by atoms with van der Waals surface area (Å²) >= 11 is 0. The van der Waals surface area contributed by atoms with Crippen LogP contribution in [0.3, 0.4) is 0 Å². The molecule has 7 nitrogen and oxygen atoms in total. The number of benzene rings is 8. The zero-order chi connectivity index (χ0) is 47.6. The van der Waals surface area contributed by atoms with Gasteiger partial charge in [0, 0.05) is 27.1 Å². The summed E-state index contributed by atoms with van der Waals surface area (Å²) in [5.41, 5.74) is 2.48. The molecule has 322 valence electrons. The first-order valence-corrected chi connectivity index (χ1v) is 20.6. The molecule has 68 heavy (non-hydrogen) atoms. The third-order valence-electron chi connectivity index (χ3n) is 12.0. The maximum atomic E-state index is 14.6. The second-order valence-corrected chi connectivity index (χ2v) is 16.0. The average molecular weight is 898 g/mol. The van der Waals surface area contributed by atoms with Crippen LogP contribution in [0.15, 0.2) is 152 Å². The highest BCUT2D eigenvalue weighted by atomic mass is 19.4. The van der Waals surface area contributed by atoms with E-state index in [2.05, 4.69) is 30.3 Å². The molecule has 0 N–H and O–H groups in total. The first-order chi connectivity index (χ1) is 32.7. The molecule has 0 spiro atoms. The second kappa shape index (κ2) is 15.8. The molecule has 13 heteroatoms. The highest BCUT2D eigenvalue weighted by Crippen LogP contribution is 2.45. The molecule has 2 heterocycles. The molecule has 0 saturated carbocycles. The smallest absolute Gasteiger partial charge is 0.309 e. The van der Waals surface area contributed by atoms with E-state index in [4.69, 9.17) is 0 Å². The highest BCUT2D eigenvalue weighted by molar-refractivity contribution is 6.12. The number of nitrogens with zero attached hydrogens (tertiary/aromatic N) is 7. The molecular weight excluding hydrogens is 873 g/mol. The standard InChI is InChI=1S/C55H25F6N7/c56-54(57,58)41-19-39(20-42(24-41)55(59,60)61)45-25-52(67-48-7-3-1-5-43(48)46-21-35(9-11-50(46)67)37-15-31(26-62)13-32(16-37)27-63)40(30-66)23-53(45)68-49-8-4-2-6-44(49)47-22-36(10-12-51(47)68)38-17-33(28-64)14-34(18-38)29-65/h1-25H. The maximum Gasteiger partial charge on any atom is 0.416 e. The molecule has 10 aromatic rings. The lowest BCUT2D eigenvalue weighted by atomic mass is 9.95. The Morgan fingerprint density at radius 3 is 1.16 bits per heavy atom. The lowest BCUT2D eigenvalue weighted by molar-refractivity contribution is -0.143. The van der Waals surface area contributed by atoms with Crippen molar-refractivity contribution in [1.29, 1.82) is 26.3 Å². The van der Waals surface area contributed by atoms with E-state index in [9.17, 15) is 52.7 Å². The zero-order valence-corrected chi connectivity index (χ0v) is 34.8. The topological polar surface area (TPSA) is 129 Å². The van der Waals surface area contributed by atoms with Gasteiger partial charge in [-0.15, -0.1) is 0 Å². The lowest BCUT2D eigenvalue weighted by Crippen LogP contribution is -2.11. The molecule has 0 amide bonds. The van der Waals surface area contributed by atoms with Crippen molar-refractivity contribution in [3.05, 3.63) is 191 Å². The van der Waals surface area contributed by atoms with Crippen LogP contribution in [0.2, 0.25) is 0 Å². The Balaban J connectivity index is 1.29. The van der Waals surface area contributed by atoms with Crippen LogP contribution in [0.4, 0.5) is 26.3 Å². The summed E-state index contributed by atoms with van der Waals surface area (Å²) in [4.78, 5) is 0. The Labute approximate surface area is 382 Å². The van der Waals surface area contributed by atoms with Crippen LogP contribution in [0, 0.1) is 56.7 Å². The minimum Gasteiger partial charge on any atom is -0.309 e. The molecular formula is C55H25F6N7. The van der Waals surface area contributed by atoms with E-state index in [0.717, 1.165) is 0 Å². The van der Waals surface area contributed by atoms with Crippen molar-refractivity contribution >= 4 is 43.6 Å². The summed E-state index contributed by atoms with van der Waals surface area (Å²) in [5, 5.41) is 52.5. The van der Waals surface area contributed by atoms with Gasteiger partial charge in [-0.2, -0.15) is 52.7 Å². The van der Waals surface area contributed by atoms with E-state index in [0.29, 0.717) is 78.0 Å². The molecule has 0 aliphatic heterocycles. The van der Waals surface area contributed by atoms with E-state index in [1.807, 2.05) is 24.3 Å². The van der Waals surface area contributed by atoms with E-state index in [1.165, 1.54) is 24.3 Å². The van der Waals surface area contributed by atoms with Gasteiger partial charge >= 0.3 is 12.4 Å². The van der Waals surface area contributed by atoms with Gasteiger partial charge < -0.3 is 9.13 Å². The van der Waals surface area contributed by atoms with Gasteiger partial charge in [-0.25, -0.2) is 0 Å². The molecule has 8 aromatic carbocycles. The fraction of sp³-hybridized carbons (Fsp3) is 0.0364. The van der Waals surface area contributed by atoms with Gasteiger partial charge in [0.15, 0.2) is 0 Å². The molecule has 10 rings (SSSR count). The summed E-state index contributed by atoms with van der Waals surface area (Å²) in [7, 11) is 0. The summed E-state index contributed by atoms with van der Waals surface area (Å²) in [6, 6.07) is 49.4. The zero-order valence-electron chi connectivity index (χ0n) is 34.8. The third-order valence-corrected chi connectivity index (χ3v) is 12.0. The summed E-state index contributed by atoms with van der Waals surface area (Å²) in [5.74, 6) is 0. The van der Waals surface area contributed by atoms with Gasteiger partial charge in [0.2, 0.25) is 0 Å². The van der Waals surface area contributed by atoms with E-state index in [-0.39, 0.29) is 50.8 Å². The molecule has 2 aromatic heterocycles. The molecule has 0 fully saturated rings. The fourth-order valence-electron chi connectivity index (χ4n) is 9.05. The van der Waals surface area contributed by atoms with Crippen molar-refractivity contribution in [2.75, 3.05) is 0 Å². The third kappa shape index (κ3) is 7.07. The maximum absolute atomic E-state index is 14.6. The lowest BCUT2D eigenvalue weighted by Gasteiger charge is -2.20. The highest BCUT2D eigenvalue weighted by Gasteiger charge is 2.37. The number of fused-ring (bicyclic) bond motifs is 6.